The molecule has 1 aliphatic rings. The summed E-state index contributed by atoms with van der Waals surface area (Å²) in [7, 11) is 0. The molecule has 0 amide bonds. The number of hydrogen-bond donors (Lipinski definition) is 4. The first-order valence-corrected chi connectivity index (χ1v) is 6.55. The van der Waals surface area contributed by atoms with Gasteiger partial charge in [0.2, 0.25) is 0 Å². The van der Waals surface area contributed by atoms with E-state index in [1.54, 1.807) is 24.3 Å². The molecule has 1 heterocycles. The summed E-state index contributed by atoms with van der Waals surface area (Å²) in [5, 5.41) is 38.3. The number of ether oxygens (including phenoxy) is 2. The number of rotatable bonds is 3. The van der Waals surface area contributed by atoms with Gasteiger partial charge < -0.3 is 29.9 Å². The topological polar surface area (TPSA) is 99.4 Å². The summed E-state index contributed by atoms with van der Waals surface area (Å²) < 4.78 is 11.3. The minimum Gasteiger partial charge on any atom is -0.482 e. The van der Waals surface area contributed by atoms with Crippen LogP contribution >= 0.6 is 15.9 Å². The second-order valence-corrected chi connectivity index (χ2v) is 5.18. The zero-order valence-corrected chi connectivity index (χ0v) is 11.5. The zero-order chi connectivity index (χ0) is 14.0. The number of hydrogen-bond acceptors (Lipinski definition) is 6. The molecule has 5 atom stereocenters. The highest BCUT2D eigenvalue weighted by Gasteiger charge is 2.45. The van der Waals surface area contributed by atoms with Crippen molar-refractivity contribution >= 4 is 15.9 Å². The van der Waals surface area contributed by atoms with Crippen LogP contribution in [-0.2, 0) is 4.74 Å². The van der Waals surface area contributed by atoms with E-state index in [4.69, 9.17) is 14.6 Å². The lowest BCUT2D eigenvalue weighted by Gasteiger charge is -2.39. The van der Waals surface area contributed by atoms with E-state index in [2.05, 4.69) is 15.9 Å². The second-order valence-electron chi connectivity index (χ2n) is 4.27. The fraction of sp³-hybridized carbons (Fsp3) is 0.500. The van der Waals surface area contributed by atoms with Crippen molar-refractivity contribution < 1.29 is 29.9 Å². The molecule has 0 radical (unpaired) electrons. The summed E-state index contributed by atoms with van der Waals surface area (Å²) in [5.74, 6) is 0.421. The normalized spacial score (nSPS) is 35.1. The number of aliphatic hydroxyl groups is 4. The quantitative estimate of drug-likeness (QED) is 0.602. The van der Waals surface area contributed by atoms with E-state index in [-0.39, 0.29) is 0 Å². The lowest BCUT2D eigenvalue weighted by molar-refractivity contribution is -0.280. The maximum atomic E-state index is 9.89. The monoisotopic (exact) mass is 334 g/mol. The van der Waals surface area contributed by atoms with Crippen molar-refractivity contribution in [3.63, 3.8) is 0 Å². The average Bonchev–Trinajstić information content (AvgIpc) is 2.41. The molecule has 6 nitrogen and oxygen atoms in total. The number of aliphatic hydroxyl groups excluding tert-OH is 4. The highest BCUT2D eigenvalue weighted by molar-refractivity contribution is 9.10. The van der Waals surface area contributed by atoms with Crippen LogP contribution in [0.25, 0.3) is 0 Å². The Morgan fingerprint density at radius 3 is 2.32 bits per heavy atom. The summed E-state index contributed by atoms with van der Waals surface area (Å²) >= 11 is 3.27. The molecule has 1 aliphatic heterocycles. The van der Waals surface area contributed by atoms with E-state index in [0.29, 0.717) is 5.75 Å². The van der Waals surface area contributed by atoms with Gasteiger partial charge in [-0.15, -0.1) is 0 Å². The molecular weight excluding hydrogens is 320 g/mol. The predicted molar refractivity (Wildman–Crippen MR) is 68.5 cm³/mol. The third kappa shape index (κ3) is 3.25. The smallest absolute Gasteiger partial charge is 0.195 e. The van der Waals surface area contributed by atoms with E-state index in [1.807, 2.05) is 0 Å². The molecular formula is C12H15BrO6. The lowest BCUT2D eigenvalue weighted by Crippen LogP contribution is -2.60. The van der Waals surface area contributed by atoms with E-state index < -0.39 is 37.3 Å². The zero-order valence-electron chi connectivity index (χ0n) is 9.89. The molecule has 4 N–H and O–H groups in total. The van der Waals surface area contributed by atoms with Gasteiger partial charge >= 0.3 is 0 Å². The van der Waals surface area contributed by atoms with Crippen molar-refractivity contribution in [2.45, 2.75) is 30.7 Å². The van der Waals surface area contributed by atoms with Gasteiger partial charge in [-0.05, 0) is 24.3 Å². The van der Waals surface area contributed by atoms with E-state index in [0.717, 1.165) is 4.47 Å². The Kier molecular flexibility index (Phi) is 4.77. The fourth-order valence-corrected chi connectivity index (χ4v) is 2.13. The highest BCUT2D eigenvalue weighted by atomic mass is 79.9. The lowest BCUT2D eigenvalue weighted by atomic mass is 9.99. The fourth-order valence-electron chi connectivity index (χ4n) is 1.87. The molecule has 1 saturated heterocycles. The number of halogens is 1. The molecule has 19 heavy (non-hydrogen) atoms. The van der Waals surface area contributed by atoms with Gasteiger partial charge in [0.25, 0.3) is 0 Å². The summed E-state index contributed by atoms with van der Waals surface area (Å²) in [4.78, 5) is 0. The van der Waals surface area contributed by atoms with Crippen molar-refractivity contribution in [1.29, 1.82) is 0 Å². The SMILES string of the molecule is OC[C@H]1O[C@@H](O)[C@H](Oc2ccc(Br)cc2)[C@@H](O)[C@@H]1O. The number of benzene rings is 1. The van der Waals surface area contributed by atoms with Crippen LogP contribution in [0.1, 0.15) is 0 Å². The van der Waals surface area contributed by atoms with Gasteiger partial charge in [0, 0.05) is 4.47 Å². The summed E-state index contributed by atoms with van der Waals surface area (Å²) in [6, 6.07) is 6.78. The average molecular weight is 335 g/mol. The third-order valence-electron chi connectivity index (χ3n) is 2.93. The largest absolute Gasteiger partial charge is 0.482 e. The summed E-state index contributed by atoms with van der Waals surface area (Å²) in [6.45, 7) is -0.500. The Morgan fingerprint density at radius 2 is 1.74 bits per heavy atom. The van der Waals surface area contributed by atoms with Gasteiger partial charge in [-0.3, -0.25) is 0 Å². The minimum absolute atomic E-state index is 0.421. The Morgan fingerprint density at radius 1 is 1.11 bits per heavy atom. The molecule has 2 rings (SSSR count). The summed E-state index contributed by atoms with van der Waals surface area (Å²) in [6.07, 6.45) is -6.27. The van der Waals surface area contributed by atoms with Crippen LogP contribution < -0.4 is 4.74 Å². The van der Waals surface area contributed by atoms with Crippen molar-refractivity contribution in [1.82, 2.24) is 0 Å². The maximum absolute atomic E-state index is 9.89. The molecule has 0 aromatic heterocycles. The van der Waals surface area contributed by atoms with Gasteiger partial charge in [0.15, 0.2) is 12.4 Å². The van der Waals surface area contributed by atoms with Crippen LogP contribution in [0.15, 0.2) is 28.7 Å². The van der Waals surface area contributed by atoms with Gasteiger partial charge in [-0.25, -0.2) is 0 Å². The molecule has 0 bridgehead atoms. The van der Waals surface area contributed by atoms with Crippen LogP contribution in [0.4, 0.5) is 0 Å². The summed E-state index contributed by atoms with van der Waals surface area (Å²) in [5.41, 5.74) is 0. The molecule has 0 saturated carbocycles. The first-order chi connectivity index (χ1) is 9.02. The van der Waals surface area contributed by atoms with Gasteiger partial charge in [-0.1, -0.05) is 15.9 Å². The van der Waals surface area contributed by atoms with Crippen LogP contribution in [0.2, 0.25) is 0 Å². The Balaban J connectivity index is 2.09. The molecule has 1 fully saturated rings. The molecule has 1 aromatic rings. The van der Waals surface area contributed by atoms with E-state index in [9.17, 15) is 15.3 Å². The molecule has 0 spiro atoms. The predicted octanol–water partition coefficient (Wildman–Crippen LogP) is -0.372. The minimum atomic E-state index is -1.43. The maximum Gasteiger partial charge on any atom is 0.195 e. The van der Waals surface area contributed by atoms with Crippen molar-refractivity contribution in [2.24, 2.45) is 0 Å². The second kappa shape index (κ2) is 6.17. The molecule has 7 heteroatoms. The van der Waals surface area contributed by atoms with Gasteiger partial charge in [-0.2, -0.15) is 0 Å². The highest BCUT2D eigenvalue weighted by Crippen LogP contribution is 2.25. The van der Waals surface area contributed by atoms with Gasteiger partial charge in [0.05, 0.1) is 6.61 Å². The van der Waals surface area contributed by atoms with E-state index in [1.165, 1.54) is 0 Å². The van der Waals surface area contributed by atoms with Crippen molar-refractivity contribution in [2.75, 3.05) is 6.61 Å². The molecule has 106 valence electrons. The van der Waals surface area contributed by atoms with Crippen molar-refractivity contribution in [3.05, 3.63) is 28.7 Å². The van der Waals surface area contributed by atoms with Crippen LogP contribution in [0.5, 0.6) is 5.75 Å². The van der Waals surface area contributed by atoms with Crippen LogP contribution in [-0.4, -0.2) is 57.7 Å². The third-order valence-corrected chi connectivity index (χ3v) is 3.46. The Bertz CT molecular complexity index is 411. The van der Waals surface area contributed by atoms with Crippen molar-refractivity contribution in [3.8, 4) is 5.75 Å². The first kappa shape index (κ1) is 14.7. The standard InChI is InChI=1S/C12H15BrO6/c13-6-1-3-7(4-2-6)18-11-10(16)9(15)8(5-14)19-12(11)17/h1-4,8-12,14-17H,5H2/t8-,9-,10+,11-,12-/m1/s1. The Hall–Kier alpha value is -0.700. The Labute approximate surface area is 118 Å². The molecule has 0 unspecified atom stereocenters. The molecule has 0 aliphatic carbocycles. The van der Waals surface area contributed by atoms with E-state index >= 15 is 0 Å². The van der Waals surface area contributed by atoms with Gasteiger partial charge in [0.1, 0.15) is 24.1 Å². The van der Waals surface area contributed by atoms with Crippen LogP contribution in [0.3, 0.4) is 0 Å². The first-order valence-electron chi connectivity index (χ1n) is 5.75. The van der Waals surface area contributed by atoms with Crippen LogP contribution in [0, 0.1) is 0 Å². The molecule has 1 aromatic carbocycles.